The number of hydrogen-bond acceptors (Lipinski definition) is 1. The van der Waals surface area contributed by atoms with Crippen molar-refractivity contribution in [3.8, 4) is 0 Å². The molecule has 1 heterocycles. The number of likely N-dealkylation sites (tertiary alicyclic amines) is 1. The largest absolute Gasteiger partial charge is 0.300 e. The fraction of sp³-hybridized carbons (Fsp3) is 1.00. The van der Waals surface area contributed by atoms with Gasteiger partial charge in [-0.15, -0.1) is 0 Å². The Hall–Kier alpha value is -0.0400. The monoisotopic (exact) mass is 141 g/mol. The lowest BCUT2D eigenvalue weighted by atomic mass is 9.79. The molecule has 0 saturated carbocycles. The standard InChI is InChI=1S/C9H19N/c1-5-9(4)6-10(7-9)8(2)3/h8H,5-7H2,1-4H3. The topological polar surface area (TPSA) is 3.24 Å². The van der Waals surface area contributed by atoms with Gasteiger partial charge in [0.15, 0.2) is 0 Å². The molecule has 0 aromatic carbocycles. The summed E-state index contributed by atoms with van der Waals surface area (Å²) >= 11 is 0. The van der Waals surface area contributed by atoms with Crippen LogP contribution in [0.4, 0.5) is 0 Å². The van der Waals surface area contributed by atoms with Crippen molar-refractivity contribution in [2.45, 2.75) is 40.2 Å². The summed E-state index contributed by atoms with van der Waals surface area (Å²) in [6.07, 6.45) is 1.33. The Labute approximate surface area is 64.4 Å². The first kappa shape index (κ1) is 8.06. The van der Waals surface area contributed by atoms with Crippen LogP contribution in [-0.2, 0) is 0 Å². The molecule has 1 saturated heterocycles. The van der Waals surface area contributed by atoms with E-state index in [1.54, 1.807) is 0 Å². The van der Waals surface area contributed by atoms with Crippen LogP contribution in [0, 0.1) is 5.41 Å². The van der Waals surface area contributed by atoms with Gasteiger partial charge in [0, 0.05) is 19.1 Å². The Morgan fingerprint density at radius 3 is 2.20 bits per heavy atom. The first-order valence-corrected chi connectivity index (χ1v) is 4.31. The first-order chi connectivity index (χ1) is 4.57. The molecule has 1 fully saturated rings. The van der Waals surface area contributed by atoms with Gasteiger partial charge in [-0.1, -0.05) is 13.8 Å². The highest BCUT2D eigenvalue weighted by Crippen LogP contribution is 2.33. The third kappa shape index (κ3) is 1.34. The fourth-order valence-corrected chi connectivity index (χ4v) is 1.52. The molecule has 0 unspecified atom stereocenters. The van der Waals surface area contributed by atoms with Crippen LogP contribution in [0.3, 0.4) is 0 Å². The highest BCUT2D eigenvalue weighted by Gasteiger charge is 2.37. The molecule has 1 rings (SSSR count). The summed E-state index contributed by atoms with van der Waals surface area (Å²) < 4.78 is 0. The third-order valence-electron chi connectivity index (χ3n) is 2.75. The SMILES string of the molecule is CCC1(C)CN(C(C)C)C1. The van der Waals surface area contributed by atoms with Crippen LogP contribution in [0.5, 0.6) is 0 Å². The lowest BCUT2D eigenvalue weighted by molar-refractivity contribution is -0.0106. The van der Waals surface area contributed by atoms with E-state index in [9.17, 15) is 0 Å². The lowest BCUT2D eigenvalue weighted by Crippen LogP contribution is -2.56. The van der Waals surface area contributed by atoms with Crippen LogP contribution in [0.2, 0.25) is 0 Å². The zero-order chi connectivity index (χ0) is 7.78. The summed E-state index contributed by atoms with van der Waals surface area (Å²) in [6.45, 7) is 11.8. The smallest absolute Gasteiger partial charge is 0.00504 e. The number of nitrogens with zero attached hydrogens (tertiary/aromatic N) is 1. The Morgan fingerprint density at radius 2 is 1.90 bits per heavy atom. The Bertz CT molecular complexity index is 112. The molecule has 0 bridgehead atoms. The van der Waals surface area contributed by atoms with E-state index < -0.39 is 0 Å². The van der Waals surface area contributed by atoms with Crippen molar-refractivity contribution in [3.63, 3.8) is 0 Å². The van der Waals surface area contributed by atoms with E-state index in [1.165, 1.54) is 19.5 Å². The minimum Gasteiger partial charge on any atom is -0.300 e. The third-order valence-corrected chi connectivity index (χ3v) is 2.75. The van der Waals surface area contributed by atoms with E-state index in [0.717, 1.165) is 6.04 Å². The van der Waals surface area contributed by atoms with Gasteiger partial charge in [-0.05, 0) is 25.7 Å². The van der Waals surface area contributed by atoms with E-state index in [-0.39, 0.29) is 0 Å². The second kappa shape index (κ2) is 2.54. The Balaban J connectivity index is 2.29. The van der Waals surface area contributed by atoms with Crippen LogP contribution >= 0.6 is 0 Å². The van der Waals surface area contributed by atoms with Gasteiger partial charge in [-0.3, -0.25) is 4.90 Å². The quantitative estimate of drug-likeness (QED) is 0.569. The van der Waals surface area contributed by atoms with E-state index in [1.807, 2.05) is 0 Å². The molecule has 1 aliphatic rings. The lowest BCUT2D eigenvalue weighted by Gasteiger charge is -2.50. The van der Waals surface area contributed by atoms with Crippen LogP contribution in [0.1, 0.15) is 34.1 Å². The summed E-state index contributed by atoms with van der Waals surface area (Å²) in [5.74, 6) is 0. The second-order valence-electron chi connectivity index (χ2n) is 4.16. The zero-order valence-electron chi connectivity index (χ0n) is 7.65. The molecule has 0 aliphatic carbocycles. The van der Waals surface area contributed by atoms with Crippen molar-refractivity contribution < 1.29 is 0 Å². The predicted octanol–water partition coefficient (Wildman–Crippen LogP) is 2.13. The fourth-order valence-electron chi connectivity index (χ4n) is 1.52. The van der Waals surface area contributed by atoms with Gasteiger partial charge in [0.25, 0.3) is 0 Å². The minimum absolute atomic E-state index is 0.643. The zero-order valence-corrected chi connectivity index (χ0v) is 7.65. The molecule has 1 heteroatoms. The maximum atomic E-state index is 2.53. The predicted molar refractivity (Wildman–Crippen MR) is 45.1 cm³/mol. The summed E-state index contributed by atoms with van der Waals surface area (Å²) in [7, 11) is 0. The molecule has 0 N–H and O–H groups in total. The molecule has 0 aromatic heterocycles. The molecule has 0 radical (unpaired) electrons. The van der Waals surface area contributed by atoms with Gasteiger partial charge >= 0.3 is 0 Å². The van der Waals surface area contributed by atoms with Crippen molar-refractivity contribution in [2.75, 3.05) is 13.1 Å². The van der Waals surface area contributed by atoms with Crippen molar-refractivity contribution in [3.05, 3.63) is 0 Å². The van der Waals surface area contributed by atoms with Crippen molar-refractivity contribution in [1.82, 2.24) is 4.90 Å². The van der Waals surface area contributed by atoms with E-state index in [2.05, 4.69) is 32.6 Å². The highest BCUT2D eigenvalue weighted by atomic mass is 15.2. The van der Waals surface area contributed by atoms with Crippen LogP contribution in [0.15, 0.2) is 0 Å². The molecule has 60 valence electrons. The van der Waals surface area contributed by atoms with Crippen LogP contribution in [0.25, 0.3) is 0 Å². The van der Waals surface area contributed by atoms with Crippen molar-refractivity contribution >= 4 is 0 Å². The van der Waals surface area contributed by atoms with E-state index in [0.29, 0.717) is 5.41 Å². The average Bonchev–Trinajstić information content (AvgIpc) is 1.80. The number of rotatable bonds is 2. The summed E-state index contributed by atoms with van der Waals surface area (Å²) in [5.41, 5.74) is 0.643. The maximum Gasteiger partial charge on any atom is 0.00504 e. The van der Waals surface area contributed by atoms with Gasteiger partial charge in [0.05, 0.1) is 0 Å². The minimum atomic E-state index is 0.643. The molecule has 0 amide bonds. The molecule has 1 aliphatic heterocycles. The van der Waals surface area contributed by atoms with Gasteiger partial charge in [0.1, 0.15) is 0 Å². The molecular weight excluding hydrogens is 122 g/mol. The van der Waals surface area contributed by atoms with E-state index >= 15 is 0 Å². The molecule has 0 aromatic rings. The molecule has 10 heavy (non-hydrogen) atoms. The van der Waals surface area contributed by atoms with Gasteiger partial charge in [0.2, 0.25) is 0 Å². The first-order valence-electron chi connectivity index (χ1n) is 4.31. The summed E-state index contributed by atoms with van der Waals surface area (Å²) in [4.78, 5) is 2.53. The van der Waals surface area contributed by atoms with Crippen molar-refractivity contribution in [1.29, 1.82) is 0 Å². The van der Waals surface area contributed by atoms with Gasteiger partial charge in [-0.2, -0.15) is 0 Å². The molecule has 0 spiro atoms. The van der Waals surface area contributed by atoms with Gasteiger partial charge < -0.3 is 0 Å². The maximum absolute atomic E-state index is 2.53. The van der Waals surface area contributed by atoms with Crippen molar-refractivity contribution in [2.24, 2.45) is 5.41 Å². The van der Waals surface area contributed by atoms with Crippen LogP contribution in [-0.4, -0.2) is 24.0 Å². The normalized spacial score (nSPS) is 24.9. The summed E-state index contributed by atoms with van der Waals surface area (Å²) in [5, 5.41) is 0. The Kier molecular flexibility index (Phi) is 2.04. The Morgan fingerprint density at radius 1 is 1.40 bits per heavy atom. The van der Waals surface area contributed by atoms with Gasteiger partial charge in [-0.25, -0.2) is 0 Å². The number of hydrogen-bond donors (Lipinski definition) is 0. The second-order valence-corrected chi connectivity index (χ2v) is 4.16. The van der Waals surface area contributed by atoms with E-state index in [4.69, 9.17) is 0 Å². The summed E-state index contributed by atoms with van der Waals surface area (Å²) in [6, 6.07) is 0.750. The average molecular weight is 141 g/mol. The molecular formula is C9H19N. The molecule has 1 nitrogen and oxygen atoms in total. The molecule has 0 atom stereocenters. The highest BCUT2D eigenvalue weighted by molar-refractivity contribution is 4.91. The van der Waals surface area contributed by atoms with Crippen LogP contribution < -0.4 is 0 Å².